The Bertz CT molecular complexity index is 942. The average Bonchev–Trinajstić information content (AvgIpc) is 3.12. The number of nitriles is 1. The molecule has 1 amide bonds. The van der Waals surface area contributed by atoms with E-state index in [2.05, 4.69) is 15.3 Å². The lowest BCUT2D eigenvalue weighted by Gasteiger charge is -2.11. The summed E-state index contributed by atoms with van der Waals surface area (Å²) < 4.78 is 10.7. The molecule has 0 bridgehead atoms. The lowest BCUT2D eigenvalue weighted by Crippen LogP contribution is -2.30. The Hall–Kier alpha value is -3.53. The Morgan fingerprint density at radius 1 is 1.26 bits per heavy atom. The monoisotopic (exact) mass is 364 g/mol. The number of ether oxygens (including phenoxy) is 2. The number of nitrogens with zero attached hydrogens (tertiary/aromatic N) is 2. The van der Waals surface area contributed by atoms with Gasteiger partial charge in [-0.25, -0.2) is 4.98 Å². The van der Waals surface area contributed by atoms with Crippen molar-refractivity contribution in [3.8, 4) is 17.6 Å². The molecule has 0 aliphatic rings. The van der Waals surface area contributed by atoms with Crippen molar-refractivity contribution < 1.29 is 14.3 Å². The first kappa shape index (κ1) is 18.3. The van der Waals surface area contributed by atoms with Crippen LogP contribution in [0.2, 0.25) is 0 Å². The highest BCUT2D eigenvalue weighted by atomic mass is 16.5. The lowest BCUT2D eigenvalue weighted by molar-refractivity contribution is -0.123. The van der Waals surface area contributed by atoms with Crippen molar-refractivity contribution >= 4 is 16.9 Å². The number of hydrogen-bond donors (Lipinski definition) is 2. The first-order valence-corrected chi connectivity index (χ1v) is 8.61. The number of H-pyrrole nitrogens is 1. The number of fused-ring (bicyclic) bond motifs is 1. The van der Waals surface area contributed by atoms with Crippen LogP contribution >= 0.6 is 0 Å². The molecule has 7 nitrogen and oxygen atoms in total. The molecular formula is C20H20N4O3. The third kappa shape index (κ3) is 4.76. The second kappa shape index (κ2) is 8.72. The quantitative estimate of drug-likeness (QED) is 0.599. The number of amides is 1. The van der Waals surface area contributed by atoms with Crippen LogP contribution in [0.4, 0.5) is 0 Å². The highest BCUT2D eigenvalue weighted by molar-refractivity contribution is 5.77. The van der Waals surface area contributed by atoms with Gasteiger partial charge in [0.25, 0.3) is 5.91 Å². The van der Waals surface area contributed by atoms with E-state index in [1.165, 1.54) is 7.11 Å². The number of aryl methyl sites for hydroxylation is 1. The summed E-state index contributed by atoms with van der Waals surface area (Å²) in [6, 6.07) is 14.7. The van der Waals surface area contributed by atoms with Crippen LogP contribution in [0.25, 0.3) is 11.0 Å². The minimum Gasteiger partial charge on any atom is -0.493 e. The van der Waals surface area contributed by atoms with Gasteiger partial charge in [-0.2, -0.15) is 5.26 Å². The van der Waals surface area contributed by atoms with Crippen molar-refractivity contribution in [3.05, 3.63) is 53.9 Å². The predicted octanol–water partition coefficient (Wildman–Crippen LogP) is 2.57. The Kier molecular flexibility index (Phi) is 5.90. The summed E-state index contributed by atoms with van der Waals surface area (Å²) in [7, 11) is 1.49. The maximum absolute atomic E-state index is 11.9. The van der Waals surface area contributed by atoms with Gasteiger partial charge in [0, 0.05) is 19.0 Å². The van der Waals surface area contributed by atoms with Gasteiger partial charge in [0.15, 0.2) is 18.1 Å². The van der Waals surface area contributed by atoms with Gasteiger partial charge in [0.05, 0.1) is 29.8 Å². The second-order valence-electron chi connectivity index (χ2n) is 5.92. The van der Waals surface area contributed by atoms with E-state index in [0.29, 0.717) is 23.6 Å². The molecule has 2 N–H and O–H groups in total. The minimum atomic E-state index is -0.217. The molecule has 0 saturated heterocycles. The van der Waals surface area contributed by atoms with E-state index in [4.69, 9.17) is 14.7 Å². The lowest BCUT2D eigenvalue weighted by atomic mass is 10.2. The maximum Gasteiger partial charge on any atom is 0.257 e. The average molecular weight is 364 g/mol. The number of carbonyl (C=O) groups is 1. The molecule has 7 heteroatoms. The molecule has 3 aromatic rings. The van der Waals surface area contributed by atoms with Crippen molar-refractivity contribution in [3.63, 3.8) is 0 Å². The van der Waals surface area contributed by atoms with Crippen LogP contribution in [-0.2, 0) is 11.2 Å². The molecule has 0 spiro atoms. The first-order valence-electron chi connectivity index (χ1n) is 8.61. The number of carbonyl (C=O) groups excluding carboxylic acids is 1. The zero-order valence-corrected chi connectivity index (χ0v) is 15.0. The summed E-state index contributed by atoms with van der Waals surface area (Å²) in [4.78, 5) is 19.7. The Morgan fingerprint density at radius 2 is 2.11 bits per heavy atom. The summed E-state index contributed by atoms with van der Waals surface area (Å²) in [6.45, 7) is 0.413. The molecule has 0 fully saturated rings. The molecule has 2 aromatic carbocycles. The van der Waals surface area contributed by atoms with Gasteiger partial charge in [-0.3, -0.25) is 4.79 Å². The van der Waals surface area contributed by atoms with Gasteiger partial charge in [-0.15, -0.1) is 0 Å². The molecule has 1 heterocycles. The fourth-order valence-electron chi connectivity index (χ4n) is 2.66. The fraction of sp³-hybridized carbons (Fsp3) is 0.250. The third-order valence-corrected chi connectivity index (χ3v) is 4.00. The van der Waals surface area contributed by atoms with E-state index < -0.39 is 0 Å². The van der Waals surface area contributed by atoms with E-state index in [0.717, 1.165) is 29.7 Å². The second-order valence-corrected chi connectivity index (χ2v) is 5.92. The molecule has 3 rings (SSSR count). The Balaban J connectivity index is 1.41. The summed E-state index contributed by atoms with van der Waals surface area (Å²) in [5, 5.41) is 11.7. The van der Waals surface area contributed by atoms with E-state index in [1.807, 2.05) is 30.3 Å². The fourth-order valence-corrected chi connectivity index (χ4v) is 2.66. The molecule has 27 heavy (non-hydrogen) atoms. The van der Waals surface area contributed by atoms with Crippen molar-refractivity contribution in [2.75, 3.05) is 20.3 Å². The number of aromatic nitrogens is 2. The molecular weight excluding hydrogens is 344 g/mol. The van der Waals surface area contributed by atoms with Crippen LogP contribution in [0.15, 0.2) is 42.5 Å². The molecule has 1 aromatic heterocycles. The van der Waals surface area contributed by atoms with Crippen LogP contribution < -0.4 is 14.8 Å². The van der Waals surface area contributed by atoms with Crippen LogP contribution in [0, 0.1) is 11.3 Å². The van der Waals surface area contributed by atoms with E-state index >= 15 is 0 Å². The van der Waals surface area contributed by atoms with Crippen molar-refractivity contribution in [1.82, 2.24) is 15.3 Å². The van der Waals surface area contributed by atoms with Gasteiger partial charge in [0.1, 0.15) is 5.82 Å². The minimum absolute atomic E-state index is 0.118. The molecule has 0 radical (unpaired) electrons. The van der Waals surface area contributed by atoms with Gasteiger partial charge >= 0.3 is 0 Å². The van der Waals surface area contributed by atoms with Crippen LogP contribution in [0.5, 0.6) is 11.5 Å². The summed E-state index contributed by atoms with van der Waals surface area (Å²) >= 11 is 0. The number of para-hydroxylation sites is 2. The van der Waals surface area contributed by atoms with Crippen LogP contribution in [-0.4, -0.2) is 36.1 Å². The molecule has 0 saturated carbocycles. The number of benzene rings is 2. The smallest absolute Gasteiger partial charge is 0.257 e. The summed E-state index contributed by atoms with van der Waals surface area (Å²) in [5.74, 6) is 1.54. The number of aromatic amines is 1. The number of nitrogens with one attached hydrogen (secondary N) is 2. The topological polar surface area (TPSA) is 100 Å². The molecule has 0 aliphatic heterocycles. The molecule has 0 aliphatic carbocycles. The largest absolute Gasteiger partial charge is 0.493 e. The van der Waals surface area contributed by atoms with Crippen molar-refractivity contribution in [2.24, 2.45) is 0 Å². The van der Waals surface area contributed by atoms with Gasteiger partial charge in [0.2, 0.25) is 0 Å². The standard InChI is InChI=1S/C20H20N4O3/c1-26-18-11-14(12-21)8-9-17(18)27-13-20(25)22-10-4-7-19-23-15-5-2-3-6-16(15)24-19/h2-3,5-6,8-9,11H,4,7,10,13H2,1H3,(H,22,25)(H,23,24). The third-order valence-electron chi connectivity index (χ3n) is 4.00. The number of rotatable bonds is 8. The molecule has 0 atom stereocenters. The summed E-state index contributed by atoms with van der Waals surface area (Å²) in [6.07, 6.45) is 1.52. The Morgan fingerprint density at radius 3 is 2.89 bits per heavy atom. The predicted molar refractivity (Wildman–Crippen MR) is 101 cm³/mol. The first-order chi connectivity index (χ1) is 13.2. The van der Waals surface area contributed by atoms with Crippen molar-refractivity contribution in [2.45, 2.75) is 12.8 Å². The highest BCUT2D eigenvalue weighted by Crippen LogP contribution is 2.27. The molecule has 0 unspecified atom stereocenters. The van der Waals surface area contributed by atoms with Crippen LogP contribution in [0.1, 0.15) is 17.8 Å². The number of methoxy groups -OCH3 is 1. The van der Waals surface area contributed by atoms with Gasteiger partial charge in [-0.1, -0.05) is 12.1 Å². The SMILES string of the molecule is COc1cc(C#N)ccc1OCC(=O)NCCCc1nc2ccccc2[nH]1. The number of hydrogen-bond acceptors (Lipinski definition) is 5. The number of imidazole rings is 1. The zero-order valence-electron chi connectivity index (χ0n) is 15.0. The van der Waals surface area contributed by atoms with Crippen LogP contribution in [0.3, 0.4) is 0 Å². The van der Waals surface area contributed by atoms with Crippen molar-refractivity contribution in [1.29, 1.82) is 5.26 Å². The maximum atomic E-state index is 11.9. The van der Waals surface area contributed by atoms with E-state index in [-0.39, 0.29) is 12.5 Å². The zero-order chi connectivity index (χ0) is 19.1. The van der Waals surface area contributed by atoms with E-state index in [9.17, 15) is 4.79 Å². The van der Waals surface area contributed by atoms with Gasteiger partial charge in [-0.05, 0) is 30.7 Å². The van der Waals surface area contributed by atoms with E-state index in [1.54, 1.807) is 18.2 Å². The summed E-state index contributed by atoms with van der Waals surface area (Å²) in [5.41, 5.74) is 2.43. The van der Waals surface area contributed by atoms with Gasteiger partial charge < -0.3 is 19.8 Å². The molecule has 138 valence electrons. The highest BCUT2D eigenvalue weighted by Gasteiger charge is 2.09. The normalized spacial score (nSPS) is 10.4. The Labute approximate surface area is 156 Å².